The fourth-order valence-electron chi connectivity index (χ4n) is 4.39. The molecule has 0 amide bonds. The van der Waals surface area contributed by atoms with Gasteiger partial charge in [-0.3, -0.25) is 14.3 Å². The van der Waals surface area contributed by atoms with Crippen molar-refractivity contribution in [2.24, 2.45) is 7.05 Å². The molecule has 1 saturated heterocycles. The van der Waals surface area contributed by atoms with Gasteiger partial charge in [-0.25, -0.2) is 9.78 Å². The monoisotopic (exact) mass is 500 g/mol. The van der Waals surface area contributed by atoms with Crippen LogP contribution in [0.15, 0.2) is 9.95 Å². The predicted molar refractivity (Wildman–Crippen MR) is 121 cm³/mol. The number of anilines is 2. The van der Waals surface area contributed by atoms with Crippen molar-refractivity contribution in [1.29, 1.82) is 0 Å². The van der Waals surface area contributed by atoms with Gasteiger partial charge in [-0.15, -0.1) is 11.0 Å². The molecule has 1 aromatic heterocycles. The molecule has 3 aliphatic rings. The normalized spacial score (nSPS) is 21.4. The van der Waals surface area contributed by atoms with Crippen LogP contribution in [-0.2, 0) is 16.7 Å². The molecule has 0 radical (unpaired) electrons. The van der Waals surface area contributed by atoms with Gasteiger partial charge in [0.2, 0.25) is 0 Å². The Kier molecular flexibility index (Phi) is 7.30. The summed E-state index contributed by atoms with van der Waals surface area (Å²) in [6, 6.07) is 0. The van der Waals surface area contributed by atoms with Gasteiger partial charge >= 0.3 is 12.1 Å². The summed E-state index contributed by atoms with van der Waals surface area (Å²) in [7, 11) is 1.60. The van der Waals surface area contributed by atoms with Gasteiger partial charge < -0.3 is 15.1 Å². The maximum Gasteiger partial charge on any atom is 0.493 e. The molecule has 1 N–H and O–H groups in total. The van der Waals surface area contributed by atoms with Crippen molar-refractivity contribution in [3.05, 3.63) is 10.4 Å². The molecule has 1 saturated carbocycles. The molecule has 1 aromatic rings. The van der Waals surface area contributed by atoms with Crippen molar-refractivity contribution in [3.8, 4) is 11.8 Å². The number of alkyl halides is 3. The van der Waals surface area contributed by atoms with Crippen LogP contribution in [0.2, 0.25) is 0 Å². The summed E-state index contributed by atoms with van der Waals surface area (Å²) >= 11 is 1.43. The fraction of sp³-hybridized carbons (Fsp3) is 0.667. The molecule has 2 fully saturated rings. The highest BCUT2D eigenvalue weighted by Crippen LogP contribution is 2.41. The van der Waals surface area contributed by atoms with Crippen molar-refractivity contribution < 1.29 is 22.8 Å². The smallest absolute Gasteiger partial charge is 0.327 e. The molecule has 1 aliphatic carbocycles. The second kappa shape index (κ2) is 10.1. The number of carbonyl (C=O) groups is 1. The van der Waals surface area contributed by atoms with Crippen LogP contribution in [0.5, 0.6) is 0 Å². The van der Waals surface area contributed by atoms with Crippen LogP contribution in [0, 0.1) is 11.8 Å². The van der Waals surface area contributed by atoms with Crippen molar-refractivity contribution >= 4 is 29.2 Å². The lowest BCUT2D eigenvalue weighted by atomic mass is 10.3. The van der Waals surface area contributed by atoms with Gasteiger partial charge in [0.25, 0.3) is 5.56 Å². The van der Waals surface area contributed by atoms with Crippen LogP contribution in [-0.4, -0.2) is 70.9 Å². The first-order chi connectivity index (χ1) is 16.2. The maximum absolute atomic E-state index is 13.5. The first-order valence-electron chi connectivity index (χ1n) is 11.2. The molecule has 4 rings (SSSR count). The van der Waals surface area contributed by atoms with Crippen molar-refractivity contribution in [2.45, 2.75) is 55.5 Å². The summed E-state index contributed by atoms with van der Waals surface area (Å²) in [5.41, 5.74) is -0.353. The van der Waals surface area contributed by atoms with Crippen LogP contribution in [0.1, 0.15) is 32.6 Å². The number of thioether (sulfide) groups is 1. The molecular formula is C21H27F3N6O3S. The predicted octanol–water partition coefficient (Wildman–Crippen LogP) is 1.67. The van der Waals surface area contributed by atoms with E-state index in [0.717, 1.165) is 30.7 Å². The second-order valence-electron chi connectivity index (χ2n) is 8.34. The average Bonchev–Trinajstić information content (AvgIpc) is 3.42. The SMILES string of the molecule is CC#CCN1c2c(nc(SC3CCCC3)n(C)c2=O)N(OC(=O)C(F)(F)F)C1N1CCNCC1. The summed E-state index contributed by atoms with van der Waals surface area (Å²) < 4.78 is 41.0. The standard InChI is InChI=1S/C21H27F3N6O3S/c1-3-4-11-29-15-16(26-19(27(2)17(15)31)34-14-7-5-6-8-14)30(33-18(32)21(22,23)24)20(29)28-12-9-25-10-13-28/h14,20,25H,5-13H2,1-2H3. The number of hydrogen-bond acceptors (Lipinski definition) is 9. The van der Waals surface area contributed by atoms with E-state index in [1.807, 2.05) is 4.90 Å². The number of nitrogens with zero attached hydrogens (tertiary/aromatic N) is 5. The van der Waals surface area contributed by atoms with E-state index in [4.69, 9.17) is 4.84 Å². The van der Waals surface area contributed by atoms with E-state index >= 15 is 0 Å². The summed E-state index contributed by atoms with van der Waals surface area (Å²) in [5.74, 6) is 3.19. The van der Waals surface area contributed by atoms with Crippen LogP contribution in [0.3, 0.4) is 0 Å². The molecule has 2 aliphatic heterocycles. The van der Waals surface area contributed by atoms with E-state index in [1.54, 1.807) is 18.9 Å². The van der Waals surface area contributed by atoms with Crippen LogP contribution in [0.25, 0.3) is 0 Å². The minimum Gasteiger partial charge on any atom is -0.327 e. The Morgan fingerprint density at radius 3 is 2.56 bits per heavy atom. The van der Waals surface area contributed by atoms with Gasteiger partial charge in [-0.05, 0) is 19.8 Å². The number of carbonyl (C=O) groups excluding carboxylic acids is 1. The molecule has 1 atom stereocenters. The number of halogens is 3. The number of fused-ring (bicyclic) bond motifs is 1. The average molecular weight is 501 g/mol. The van der Waals surface area contributed by atoms with Gasteiger partial charge in [-0.2, -0.15) is 13.2 Å². The number of rotatable bonds is 5. The third-order valence-electron chi connectivity index (χ3n) is 6.08. The van der Waals surface area contributed by atoms with Gasteiger partial charge in [0.05, 0.1) is 6.54 Å². The number of hydrogen-bond donors (Lipinski definition) is 1. The van der Waals surface area contributed by atoms with Crippen LogP contribution >= 0.6 is 11.8 Å². The zero-order valence-electron chi connectivity index (χ0n) is 19.0. The first-order valence-corrected chi connectivity index (χ1v) is 12.1. The summed E-state index contributed by atoms with van der Waals surface area (Å²) in [6.07, 6.45) is -2.05. The number of aromatic nitrogens is 2. The quantitative estimate of drug-likeness (QED) is 0.480. The fourth-order valence-corrected chi connectivity index (χ4v) is 5.64. The Morgan fingerprint density at radius 2 is 1.94 bits per heavy atom. The highest BCUT2D eigenvalue weighted by Gasteiger charge is 2.50. The lowest BCUT2D eigenvalue weighted by molar-refractivity contribution is -0.203. The number of hydroxylamine groups is 1. The Morgan fingerprint density at radius 1 is 1.26 bits per heavy atom. The first kappa shape index (κ1) is 24.7. The van der Waals surface area contributed by atoms with Gasteiger partial charge in [-0.1, -0.05) is 30.5 Å². The highest BCUT2D eigenvalue weighted by molar-refractivity contribution is 7.99. The zero-order valence-corrected chi connectivity index (χ0v) is 19.8. The molecule has 0 bridgehead atoms. The molecule has 34 heavy (non-hydrogen) atoms. The lowest BCUT2D eigenvalue weighted by Crippen LogP contribution is -2.61. The molecule has 0 aromatic carbocycles. The molecule has 13 heteroatoms. The Balaban J connectivity index is 1.82. The Hall–Kier alpha value is -2.43. The van der Waals surface area contributed by atoms with Crippen molar-refractivity contribution in [3.63, 3.8) is 0 Å². The van der Waals surface area contributed by atoms with E-state index in [1.165, 1.54) is 16.3 Å². The van der Waals surface area contributed by atoms with Crippen molar-refractivity contribution in [1.82, 2.24) is 19.8 Å². The topological polar surface area (TPSA) is 82.9 Å². The second-order valence-corrected chi connectivity index (χ2v) is 9.61. The lowest BCUT2D eigenvalue weighted by Gasteiger charge is -2.40. The molecule has 1 unspecified atom stereocenters. The molecular weight excluding hydrogens is 473 g/mol. The van der Waals surface area contributed by atoms with Gasteiger partial charge in [0.15, 0.2) is 23.0 Å². The van der Waals surface area contributed by atoms with Gasteiger partial charge in [0.1, 0.15) is 0 Å². The molecule has 0 spiro atoms. The molecule has 9 nitrogen and oxygen atoms in total. The third-order valence-corrected chi connectivity index (χ3v) is 7.46. The van der Waals surface area contributed by atoms with E-state index in [9.17, 15) is 22.8 Å². The molecule has 186 valence electrons. The van der Waals surface area contributed by atoms with E-state index < -0.39 is 24.0 Å². The third kappa shape index (κ3) is 4.85. The van der Waals surface area contributed by atoms with E-state index in [0.29, 0.717) is 31.3 Å². The molecule has 3 heterocycles. The summed E-state index contributed by atoms with van der Waals surface area (Å²) in [4.78, 5) is 38.3. The van der Waals surface area contributed by atoms with E-state index in [2.05, 4.69) is 22.1 Å². The van der Waals surface area contributed by atoms with Crippen LogP contribution < -0.4 is 20.8 Å². The van der Waals surface area contributed by atoms with Crippen molar-refractivity contribution in [2.75, 3.05) is 42.7 Å². The summed E-state index contributed by atoms with van der Waals surface area (Å²) in [5, 5.41) is 4.68. The number of piperazine rings is 1. The zero-order chi connectivity index (χ0) is 24.5. The van der Waals surface area contributed by atoms with Gasteiger partial charge in [0, 0.05) is 38.5 Å². The Labute approximate surface area is 199 Å². The minimum absolute atomic E-state index is 0.0597. The highest BCUT2D eigenvalue weighted by atomic mass is 32.2. The van der Waals surface area contributed by atoms with Crippen LogP contribution in [0.4, 0.5) is 24.7 Å². The maximum atomic E-state index is 13.5. The summed E-state index contributed by atoms with van der Waals surface area (Å²) in [6.45, 7) is 3.82. The number of nitrogens with one attached hydrogen (secondary N) is 1. The Bertz CT molecular complexity index is 1040. The van der Waals surface area contributed by atoms with E-state index in [-0.39, 0.29) is 23.3 Å². The largest absolute Gasteiger partial charge is 0.493 e. The minimum atomic E-state index is -5.20.